The van der Waals surface area contributed by atoms with Crippen molar-refractivity contribution in [3.05, 3.63) is 53.3 Å². The van der Waals surface area contributed by atoms with Gasteiger partial charge in [-0.25, -0.2) is 4.98 Å². The first-order chi connectivity index (χ1) is 12.3. The van der Waals surface area contributed by atoms with E-state index in [9.17, 15) is 18.0 Å². The van der Waals surface area contributed by atoms with Gasteiger partial charge in [0.05, 0.1) is 11.3 Å². The molecule has 0 aliphatic rings. The lowest BCUT2D eigenvalue weighted by Gasteiger charge is -2.15. The van der Waals surface area contributed by atoms with E-state index in [1.807, 2.05) is 0 Å². The third kappa shape index (κ3) is 3.47. The predicted octanol–water partition coefficient (Wildman–Crippen LogP) is 3.10. The quantitative estimate of drug-likeness (QED) is 0.703. The minimum absolute atomic E-state index is 0.0286. The van der Waals surface area contributed by atoms with Crippen LogP contribution in [0.3, 0.4) is 0 Å². The Morgan fingerprint density at radius 3 is 2.69 bits per heavy atom. The van der Waals surface area contributed by atoms with Crippen LogP contribution in [-0.2, 0) is 11.0 Å². The summed E-state index contributed by atoms with van der Waals surface area (Å²) in [5.74, 6) is -0.442. The zero-order chi connectivity index (χ0) is 18.9. The van der Waals surface area contributed by atoms with Gasteiger partial charge in [0.2, 0.25) is 0 Å². The lowest BCUT2D eigenvalue weighted by atomic mass is 10.0. The number of tetrazole rings is 1. The second-order valence-corrected chi connectivity index (χ2v) is 6.03. The highest BCUT2D eigenvalue weighted by molar-refractivity contribution is 7.13. The summed E-state index contributed by atoms with van der Waals surface area (Å²) in [6.07, 6.45) is -3.18. The molecule has 1 aromatic carbocycles. The monoisotopic (exact) mass is 380 g/mol. The van der Waals surface area contributed by atoms with Gasteiger partial charge in [0.25, 0.3) is 5.91 Å². The Morgan fingerprint density at radius 1 is 1.35 bits per heavy atom. The number of thiazole rings is 1. The van der Waals surface area contributed by atoms with Gasteiger partial charge in [0, 0.05) is 17.2 Å². The topological polar surface area (TPSA) is 85.6 Å². The molecule has 0 radical (unpaired) electrons. The number of halogens is 3. The van der Waals surface area contributed by atoms with Crippen LogP contribution in [0.25, 0.3) is 11.3 Å². The maximum atomic E-state index is 13.5. The van der Waals surface area contributed by atoms with Crippen LogP contribution in [0.2, 0.25) is 0 Å². The molecule has 0 saturated heterocycles. The van der Waals surface area contributed by atoms with Gasteiger partial charge in [-0.05, 0) is 35.0 Å². The molecule has 1 amide bonds. The first-order valence-corrected chi connectivity index (χ1v) is 8.02. The van der Waals surface area contributed by atoms with Crippen molar-refractivity contribution in [2.45, 2.75) is 13.1 Å². The average Bonchev–Trinajstić information content (AvgIpc) is 3.24. The zero-order valence-electron chi connectivity index (χ0n) is 13.3. The van der Waals surface area contributed by atoms with Crippen LogP contribution in [0.5, 0.6) is 0 Å². The van der Waals surface area contributed by atoms with E-state index in [-0.39, 0.29) is 22.6 Å². The number of alkyl halides is 3. The van der Waals surface area contributed by atoms with Crippen LogP contribution < -0.4 is 5.32 Å². The number of nitrogens with zero attached hydrogens (tertiary/aromatic N) is 5. The lowest BCUT2D eigenvalue weighted by molar-refractivity contribution is -0.137. The van der Waals surface area contributed by atoms with E-state index in [2.05, 4.69) is 32.4 Å². The van der Waals surface area contributed by atoms with E-state index in [1.54, 1.807) is 5.38 Å². The Labute approximate surface area is 149 Å². The normalized spacial score (nSPS) is 11.4. The van der Waals surface area contributed by atoms with Crippen molar-refractivity contribution >= 4 is 27.9 Å². The molecule has 3 rings (SSSR count). The number of rotatable bonds is 4. The van der Waals surface area contributed by atoms with E-state index in [0.29, 0.717) is 5.13 Å². The summed E-state index contributed by atoms with van der Waals surface area (Å²) in [5, 5.41) is 15.0. The van der Waals surface area contributed by atoms with Crippen molar-refractivity contribution in [1.82, 2.24) is 25.2 Å². The molecule has 0 bridgehead atoms. The third-order valence-corrected chi connectivity index (χ3v) is 4.12. The van der Waals surface area contributed by atoms with Gasteiger partial charge in [-0.3, -0.25) is 10.1 Å². The molecule has 3 aromatic rings. The molecule has 0 atom stereocenters. The van der Waals surface area contributed by atoms with Crippen LogP contribution in [0.15, 0.2) is 36.4 Å². The molecule has 2 aromatic heterocycles. The molecule has 2 heterocycles. The molecule has 11 heteroatoms. The summed E-state index contributed by atoms with van der Waals surface area (Å²) < 4.78 is 41.5. The van der Waals surface area contributed by atoms with Crippen LogP contribution >= 0.6 is 11.3 Å². The Kier molecular flexibility index (Phi) is 4.55. The van der Waals surface area contributed by atoms with Crippen molar-refractivity contribution in [1.29, 1.82) is 0 Å². The van der Waals surface area contributed by atoms with Crippen LogP contribution in [0.4, 0.5) is 18.3 Å². The molecule has 0 aliphatic carbocycles. The van der Waals surface area contributed by atoms with Gasteiger partial charge in [-0.1, -0.05) is 12.6 Å². The number of amides is 1. The van der Waals surface area contributed by atoms with Gasteiger partial charge >= 0.3 is 6.18 Å². The maximum Gasteiger partial charge on any atom is 0.418 e. The van der Waals surface area contributed by atoms with Crippen LogP contribution in [-0.4, -0.2) is 31.1 Å². The molecule has 0 fully saturated rings. The number of nitrogens with one attached hydrogen (secondary N) is 1. The molecule has 0 unspecified atom stereocenters. The van der Waals surface area contributed by atoms with E-state index in [4.69, 9.17) is 0 Å². The number of hydrogen-bond acceptors (Lipinski definition) is 6. The standard InChI is InChI=1S/C15H11F3N6OS/c1-8(13(25)20-14-19-5-6-26-14)10-3-4-12(11(7-10)15(16,17)18)24-9(2)21-22-23-24/h3-7H,1H2,2H3,(H,19,20,25). The summed E-state index contributed by atoms with van der Waals surface area (Å²) in [5.41, 5.74) is -1.31. The Bertz CT molecular complexity index is 964. The second kappa shape index (κ2) is 6.67. The second-order valence-electron chi connectivity index (χ2n) is 5.14. The fourth-order valence-electron chi connectivity index (χ4n) is 2.18. The maximum absolute atomic E-state index is 13.5. The zero-order valence-corrected chi connectivity index (χ0v) is 14.1. The highest BCUT2D eigenvalue weighted by Gasteiger charge is 2.35. The van der Waals surface area contributed by atoms with Crippen molar-refractivity contribution in [2.24, 2.45) is 0 Å². The molecular formula is C15H11F3N6OS. The minimum atomic E-state index is -4.67. The fourth-order valence-corrected chi connectivity index (χ4v) is 2.70. The van der Waals surface area contributed by atoms with E-state index in [0.717, 1.165) is 10.7 Å². The largest absolute Gasteiger partial charge is 0.418 e. The SMILES string of the molecule is C=C(C(=O)Nc1nccs1)c1ccc(-n2nnnc2C)c(C(F)(F)F)c1. The Balaban J connectivity index is 1.98. The van der Waals surface area contributed by atoms with Crippen LogP contribution in [0.1, 0.15) is 17.0 Å². The third-order valence-electron chi connectivity index (χ3n) is 3.43. The lowest BCUT2D eigenvalue weighted by Crippen LogP contribution is -2.16. The van der Waals surface area contributed by atoms with E-state index < -0.39 is 17.6 Å². The van der Waals surface area contributed by atoms with E-state index >= 15 is 0 Å². The number of aryl methyl sites for hydroxylation is 1. The molecular weight excluding hydrogens is 369 g/mol. The number of carbonyl (C=O) groups excluding carboxylic acids is 1. The molecule has 1 N–H and O–H groups in total. The summed E-state index contributed by atoms with van der Waals surface area (Å²) in [7, 11) is 0. The minimum Gasteiger partial charge on any atom is -0.298 e. The Hall–Kier alpha value is -3.08. The average molecular weight is 380 g/mol. The predicted molar refractivity (Wildman–Crippen MR) is 88.7 cm³/mol. The van der Waals surface area contributed by atoms with Gasteiger partial charge in [-0.15, -0.1) is 16.4 Å². The van der Waals surface area contributed by atoms with Crippen molar-refractivity contribution in [3.63, 3.8) is 0 Å². The van der Waals surface area contributed by atoms with Crippen molar-refractivity contribution < 1.29 is 18.0 Å². The molecule has 0 aliphatic heterocycles. The van der Waals surface area contributed by atoms with Gasteiger partial charge < -0.3 is 0 Å². The number of benzene rings is 1. The summed E-state index contributed by atoms with van der Waals surface area (Å²) in [6, 6.07) is 3.40. The van der Waals surface area contributed by atoms with Gasteiger partial charge in [-0.2, -0.15) is 17.9 Å². The Morgan fingerprint density at radius 2 is 2.12 bits per heavy atom. The molecule has 7 nitrogen and oxygen atoms in total. The number of carbonyl (C=O) groups is 1. The fraction of sp³-hybridized carbons (Fsp3) is 0.133. The smallest absolute Gasteiger partial charge is 0.298 e. The highest BCUT2D eigenvalue weighted by atomic mass is 32.1. The van der Waals surface area contributed by atoms with Gasteiger partial charge in [0.15, 0.2) is 11.0 Å². The van der Waals surface area contributed by atoms with E-state index in [1.165, 1.54) is 36.6 Å². The van der Waals surface area contributed by atoms with Crippen molar-refractivity contribution in [3.8, 4) is 5.69 Å². The highest BCUT2D eigenvalue weighted by Crippen LogP contribution is 2.35. The first kappa shape index (κ1) is 17.7. The first-order valence-electron chi connectivity index (χ1n) is 7.14. The summed E-state index contributed by atoms with van der Waals surface area (Å²) in [4.78, 5) is 16.1. The molecule has 134 valence electrons. The molecule has 0 spiro atoms. The molecule has 0 saturated carbocycles. The molecule has 26 heavy (non-hydrogen) atoms. The number of anilines is 1. The number of hydrogen-bond donors (Lipinski definition) is 1. The van der Waals surface area contributed by atoms with Crippen LogP contribution in [0, 0.1) is 6.92 Å². The van der Waals surface area contributed by atoms with Gasteiger partial charge in [0.1, 0.15) is 0 Å². The van der Waals surface area contributed by atoms with Crippen molar-refractivity contribution in [2.75, 3.05) is 5.32 Å². The summed E-state index contributed by atoms with van der Waals surface area (Å²) >= 11 is 1.18. The number of aromatic nitrogens is 5. The summed E-state index contributed by atoms with van der Waals surface area (Å²) in [6.45, 7) is 5.07.